The zero-order chi connectivity index (χ0) is 22.4. The highest BCUT2D eigenvalue weighted by atomic mass is 16.3. The summed E-state index contributed by atoms with van der Waals surface area (Å²) in [4.78, 5) is 3.73. The second-order valence-electron chi connectivity index (χ2n) is 8.04. The van der Waals surface area contributed by atoms with Crippen molar-refractivity contribution in [2.45, 2.75) is 13.8 Å². The van der Waals surface area contributed by atoms with Crippen molar-refractivity contribution < 1.29 is 8.98 Å². The summed E-state index contributed by atoms with van der Waals surface area (Å²) in [6.45, 7) is 11.7. The van der Waals surface area contributed by atoms with Crippen LogP contribution < -0.4 is 4.57 Å². The highest BCUT2D eigenvalue weighted by Crippen LogP contribution is 2.44. The molecule has 0 saturated heterocycles. The first kappa shape index (κ1) is 19.5. The molecule has 0 aliphatic heterocycles. The Hall–Kier alpha value is -4.41. The van der Waals surface area contributed by atoms with E-state index in [2.05, 4.69) is 40.6 Å². The van der Waals surface area contributed by atoms with Gasteiger partial charge in [-0.3, -0.25) is 0 Å². The van der Waals surface area contributed by atoms with Gasteiger partial charge < -0.3 is 4.42 Å². The molecule has 0 N–H and O–H groups in total. The maximum absolute atomic E-state index is 9.87. The fraction of sp³-hybridized carbons (Fsp3) is 0.107. The highest BCUT2D eigenvalue weighted by Gasteiger charge is 2.23. The van der Waals surface area contributed by atoms with Crippen LogP contribution in [0.5, 0.6) is 0 Å². The molecule has 0 bridgehead atoms. The second-order valence-corrected chi connectivity index (χ2v) is 8.04. The molecule has 0 aliphatic rings. The molecule has 0 amide bonds. The normalized spacial score (nSPS) is 10.9. The van der Waals surface area contributed by atoms with Gasteiger partial charge >= 0.3 is 0 Å². The third-order valence-electron chi connectivity index (χ3n) is 5.99. The van der Waals surface area contributed by atoms with Gasteiger partial charge in [-0.1, -0.05) is 35.9 Å². The van der Waals surface area contributed by atoms with Crippen molar-refractivity contribution in [3.05, 3.63) is 95.0 Å². The first-order valence-electron chi connectivity index (χ1n) is 10.4. The van der Waals surface area contributed by atoms with E-state index in [4.69, 9.17) is 11.0 Å². The minimum atomic E-state index is 0.494. The summed E-state index contributed by atoms with van der Waals surface area (Å²) < 4.78 is 8.64. The zero-order valence-electron chi connectivity index (χ0n) is 18.1. The Morgan fingerprint density at radius 1 is 0.938 bits per heavy atom. The summed E-state index contributed by atoms with van der Waals surface area (Å²) in [5.74, 6) is 0. The molecule has 4 nitrogen and oxygen atoms in total. The van der Waals surface area contributed by atoms with Crippen LogP contribution in [0.3, 0.4) is 0 Å². The Bertz CT molecular complexity index is 1630. The fourth-order valence-electron chi connectivity index (χ4n) is 4.41. The topological polar surface area (TPSA) is 45.2 Å². The number of pyridine rings is 1. The van der Waals surface area contributed by atoms with Crippen LogP contribution in [0.15, 0.2) is 71.3 Å². The van der Waals surface area contributed by atoms with Gasteiger partial charge in [-0.15, -0.1) is 0 Å². The summed E-state index contributed by atoms with van der Waals surface area (Å²) >= 11 is 0. The van der Waals surface area contributed by atoms with Gasteiger partial charge in [0, 0.05) is 28.5 Å². The van der Waals surface area contributed by atoms with Gasteiger partial charge in [0.25, 0.3) is 0 Å². The van der Waals surface area contributed by atoms with Gasteiger partial charge in [-0.25, -0.2) is 9.41 Å². The largest absolute Gasteiger partial charge is 0.455 e. The number of hydrogen-bond acceptors (Lipinski definition) is 2. The Morgan fingerprint density at radius 2 is 1.69 bits per heavy atom. The Kier molecular flexibility index (Phi) is 4.51. The van der Waals surface area contributed by atoms with Gasteiger partial charge in [-0.2, -0.15) is 5.26 Å². The van der Waals surface area contributed by atoms with E-state index in [9.17, 15) is 5.26 Å². The number of aromatic nitrogens is 1. The first-order valence-corrected chi connectivity index (χ1v) is 10.4. The Balaban J connectivity index is 1.94. The van der Waals surface area contributed by atoms with Crippen LogP contribution in [-0.4, -0.2) is 0 Å². The van der Waals surface area contributed by atoms with E-state index in [1.54, 1.807) is 0 Å². The Morgan fingerprint density at radius 3 is 2.41 bits per heavy atom. The van der Waals surface area contributed by atoms with Crippen LogP contribution in [-0.2, 0) is 7.05 Å². The lowest BCUT2D eigenvalue weighted by molar-refractivity contribution is -0.660. The van der Waals surface area contributed by atoms with Gasteiger partial charge in [0.05, 0.1) is 23.8 Å². The maximum atomic E-state index is 9.87. The molecule has 5 aromatic rings. The van der Waals surface area contributed by atoms with E-state index in [1.165, 1.54) is 0 Å². The molecule has 3 aromatic carbocycles. The monoisotopic (exact) mass is 414 g/mol. The summed E-state index contributed by atoms with van der Waals surface area (Å²) in [5, 5.41) is 11.8. The summed E-state index contributed by atoms with van der Waals surface area (Å²) in [5.41, 5.74) is 8.02. The number of nitrogens with zero attached hydrogens (tertiary/aromatic N) is 3. The Labute approximate surface area is 186 Å². The van der Waals surface area contributed by atoms with Crippen LogP contribution in [0, 0.1) is 31.8 Å². The third kappa shape index (κ3) is 2.86. The highest BCUT2D eigenvalue weighted by molar-refractivity contribution is 6.14. The molecule has 4 heteroatoms. The molecule has 0 radical (unpaired) electrons. The van der Waals surface area contributed by atoms with Gasteiger partial charge in [0.2, 0.25) is 5.69 Å². The van der Waals surface area contributed by atoms with Crippen molar-refractivity contribution in [1.82, 2.24) is 0 Å². The number of hydrogen-bond donors (Lipinski definition) is 0. The summed E-state index contributed by atoms with van der Waals surface area (Å²) in [6, 6.07) is 22.1. The molecule has 0 unspecified atom stereocenters. The van der Waals surface area contributed by atoms with Crippen LogP contribution in [0.2, 0.25) is 0 Å². The quantitative estimate of drug-likeness (QED) is 0.236. The number of rotatable bonds is 2. The number of benzene rings is 3. The predicted octanol–water partition coefficient (Wildman–Crippen LogP) is 6.78. The molecular weight excluding hydrogens is 394 g/mol. The SMILES string of the molecule is [C-]#[N+]c1cc(C)ccc1-c1c(C#N)ccc2c1oc1c(-c3cccc[n+]3C)c(C)ccc12. The van der Waals surface area contributed by atoms with Gasteiger partial charge in [0.1, 0.15) is 18.2 Å². The minimum absolute atomic E-state index is 0.494. The molecule has 0 fully saturated rings. The average molecular weight is 414 g/mol. The van der Waals surface area contributed by atoms with Crippen molar-refractivity contribution >= 4 is 27.6 Å². The molecule has 0 atom stereocenters. The van der Waals surface area contributed by atoms with E-state index in [0.29, 0.717) is 22.4 Å². The van der Waals surface area contributed by atoms with Crippen molar-refractivity contribution in [2.75, 3.05) is 0 Å². The van der Waals surface area contributed by atoms with E-state index >= 15 is 0 Å². The van der Waals surface area contributed by atoms with E-state index in [0.717, 1.165) is 44.3 Å². The number of aryl methyl sites for hydroxylation is 3. The van der Waals surface area contributed by atoms with Crippen LogP contribution in [0.25, 0.3) is 49.2 Å². The van der Waals surface area contributed by atoms with Gasteiger partial charge in [0.15, 0.2) is 11.9 Å². The number of nitriles is 1. The molecule has 32 heavy (non-hydrogen) atoms. The minimum Gasteiger partial charge on any atom is -0.455 e. The van der Waals surface area contributed by atoms with Gasteiger partial charge in [-0.05, 0) is 43.2 Å². The molecule has 152 valence electrons. The standard InChI is InChI=1S/C28H20N3O/c1-17-8-11-22(23(15-17)30-3)26-19(16-29)10-13-21-20-12-9-18(2)25(27(20)32-28(21)26)24-7-5-6-14-31(24)4/h5-15H,1-2,4H3/q+1. The molecule has 5 rings (SSSR count). The van der Waals surface area contributed by atoms with Crippen molar-refractivity contribution in [3.63, 3.8) is 0 Å². The summed E-state index contributed by atoms with van der Waals surface area (Å²) in [7, 11) is 2.02. The first-order chi connectivity index (χ1) is 15.5. The molecule has 2 aromatic heterocycles. The average Bonchev–Trinajstić information content (AvgIpc) is 3.17. The smallest absolute Gasteiger partial charge is 0.216 e. The second kappa shape index (κ2) is 7.38. The lowest BCUT2D eigenvalue weighted by Gasteiger charge is -2.08. The van der Waals surface area contributed by atoms with Crippen LogP contribution >= 0.6 is 0 Å². The lowest BCUT2D eigenvalue weighted by atomic mass is 9.94. The lowest BCUT2D eigenvalue weighted by Crippen LogP contribution is -2.30. The van der Waals surface area contributed by atoms with E-state index < -0.39 is 0 Å². The van der Waals surface area contributed by atoms with E-state index in [-0.39, 0.29) is 0 Å². The van der Waals surface area contributed by atoms with E-state index in [1.807, 2.05) is 62.6 Å². The van der Waals surface area contributed by atoms with Crippen molar-refractivity contribution in [1.29, 1.82) is 5.26 Å². The van der Waals surface area contributed by atoms with Crippen LogP contribution in [0.4, 0.5) is 5.69 Å². The molecule has 0 spiro atoms. The summed E-state index contributed by atoms with van der Waals surface area (Å²) in [6.07, 6.45) is 2.02. The zero-order valence-corrected chi connectivity index (χ0v) is 18.1. The number of fused-ring (bicyclic) bond motifs is 3. The number of furan rings is 1. The fourth-order valence-corrected chi connectivity index (χ4v) is 4.41. The molecular formula is C28H20N3O+. The third-order valence-corrected chi connectivity index (χ3v) is 5.99. The molecule has 0 aliphatic carbocycles. The molecule has 0 saturated carbocycles. The maximum Gasteiger partial charge on any atom is 0.216 e. The predicted molar refractivity (Wildman–Crippen MR) is 126 cm³/mol. The van der Waals surface area contributed by atoms with Crippen molar-refractivity contribution in [2.24, 2.45) is 7.05 Å². The van der Waals surface area contributed by atoms with Crippen molar-refractivity contribution in [3.8, 4) is 28.5 Å². The van der Waals surface area contributed by atoms with Crippen LogP contribution in [0.1, 0.15) is 16.7 Å². The molecule has 2 heterocycles.